The lowest BCUT2D eigenvalue weighted by atomic mass is 9.97. The summed E-state index contributed by atoms with van der Waals surface area (Å²) < 4.78 is 0. The number of nitrogens with one attached hydrogen (secondary N) is 2. The molecule has 0 aliphatic carbocycles. The molecule has 1 aliphatic heterocycles. The molecular formula is C23H42IN5. The number of unbranched alkanes of at least 4 members (excludes halogenated alkanes) is 1. The van der Waals surface area contributed by atoms with Gasteiger partial charge in [0.05, 0.1) is 0 Å². The van der Waals surface area contributed by atoms with Crippen molar-refractivity contribution >= 4 is 29.9 Å². The molecule has 0 spiro atoms. The fraction of sp³-hybridized carbons (Fsp3) is 0.696. The van der Waals surface area contributed by atoms with Crippen molar-refractivity contribution in [1.82, 2.24) is 20.4 Å². The first kappa shape index (κ1) is 26.2. The molecule has 1 heterocycles. The standard InChI is InChI=1S/C23H41N5.HI/c1-5-27(6-2)16-11-10-15-25-23(24-4)26-22-14-17-28(20(3)18-22)19-21-12-8-7-9-13-21;/h7-9,12-13,20,22H,5-6,10-11,14-19H2,1-4H3,(H2,24,25,26);1H. The quantitative estimate of drug-likeness (QED) is 0.215. The van der Waals surface area contributed by atoms with E-state index in [9.17, 15) is 0 Å². The van der Waals surface area contributed by atoms with Crippen LogP contribution in [0.4, 0.5) is 0 Å². The zero-order valence-corrected chi connectivity index (χ0v) is 21.2. The highest BCUT2D eigenvalue weighted by molar-refractivity contribution is 14.0. The maximum Gasteiger partial charge on any atom is 0.191 e. The van der Waals surface area contributed by atoms with E-state index in [4.69, 9.17) is 0 Å². The molecule has 0 amide bonds. The van der Waals surface area contributed by atoms with E-state index < -0.39 is 0 Å². The van der Waals surface area contributed by atoms with E-state index in [0.717, 1.165) is 45.1 Å². The summed E-state index contributed by atoms with van der Waals surface area (Å²) in [6.45, 7) is 13.5. The molecule has 0 saturated carbocycles. The summed E-state index contributed by atoms with van der Waals surface area (Å²) in [5.74, 6) is 0.955. The SMILES string of the molecule is CCN(CC)CCCCNC(=NC)NC1CCN(Cc2ccccc2)C(C)C1.I. The summed E-state index contributed by atoms with van der Waals surface area (Å²) in [6.07, 6.45) is 4.75. The van der Waals surface area contributed by atoms with E-state index in [-0.39, 0.29) is 24.0 Å². The highest BCUT2D eigenvalue weighted by Crippen LogP contribution is 2.19. The van der Waals surface area contributed by atoms with E-state index >= 15 is 0 Å². The third-order valence-corrected chi connectivity index (χ3v) is 5.89. The predicted molar refractivity (Wildman–Crippen MR) is 136 cm³/mol. The Hall–Kier alpha value is -0.860. The van der Waals surface area contributed by atoms with E-state index in [0.29, 0.717) is 12.1 Å². The van der Waals surface area contributed by atoms with Crippen molar-refractivity contribution in [2.45, 2.75) is 65.1 Å². The third-order valence-electron chi connectivity index (χ3n) is 5.89. The first-order valence-electron chi connectivity index (χ1n) is 11.1. The Morgan fingerprint density at radius 3 is 2.52 bits per heavy atom. The number of guanidine groups is 1. The maximum atomic E-state index is 4.43. The monoisotopic (exact) mass is 515 g/mol. The highest BCUT2D eigenvalue weighted by Gasteiger charge is 2.25. The van der Waals surface area contributed by atoms with Crippen molar-refractivity contribution in [2.24, 2.45) is 4.99 Å². The smallest absolute Gasteiger partial charge is 0.191 e. The fourth-order valence-corrected chi connectivity index (χ4v) is 4.00. The normalized spacial score (nSPS) is 20.4. The molecule has 2 atom stereocenters. The molecule has 1 saturated heterocycles. The molecule has 1 aromatic rings. The summed E-state index contributed by atoms with van der Waals surface area (Å²) in [6, 6.07) is 11.9. The molecule has 0 radical (unpaired) electrons. The number of benzene rings is 1. The van der Waals surface area contributed by atoms with Crippen molar-refractivity contribution < 1.29 is 0 Å². The van der Waals surface area contributed by atoms with Gasteiger partial charge in [-0.25, -0.2) is 0 Å². The van der Waals surface area contributed by atoms with Gasteiger partial charge in [0.1, 0.15) is 0 Å². The van der Waals surface area contributed by atoms with Crippen molar-refractivity contribution in [3.63, 3.8) is 0 Å². The molecule has 5 nitrogen and oxygen atoms in total. The summed E-state index contributed by atoms with van der Waals surface area (Å²) in [4.78, 5) is 9.51. The Morgan fingerprint density at radius 1 is 1.17 bits per heavy atom. The summed E-state index contributed by atoms with van der Waals surface area (Å²) in [5.41, 5.74) is 1.41. The van der Waals surface area contributed by atoms with Crippen molar-refractivity contribution in [2.75, 3.05) is 39.8 Å². The van der Waals surface area contributed by atoms with E-state index in [1.807, 2.05) is 7.05 Å². The van der Waals surface area contributed by atoms with Crippen LogP contribution in [0.5, 0.6) is 0 Å². The molecular weight excluding hydrogens is 473 g/mol. The molecule has 166 valence electrons. The molecule has 2 rings (SSSR count). The Bertz CT molecular complexity index is 562. The van der Waals surface area contributed by atoms with Crippen LogP contribution in [0.3, 0.4) is 0 Å². The zero-order chi connectivity index (χ0) is 20.2. The van der Waals surface area contributed by atoms with E-state index in [2.05, 4.69) is 76.5 Å². The topological polar surface area (TPSA) is 42.9 Å². The largest absolute Gasteiger partial charge is 0.356 e. The molecule has 6 heteroatoms. The van der Waals surface area contributed by atoms with E-state index in [1.165, 1.54) is 31.4 Å². The van der Waals surface area contributed by atoms with Crippen molar-refractivity contribution in [1.29, 1.82) is 0 Å². The molecule has 2 unspecified atom stereocenters. The van der Waals surface area contributed by atoms with Gasteiger partial charge in [0, 0.05) is 38.8 Å². The summed E-state index contributed by atoms with van der Waals surface area (Å²) >= 11 is 0. The minimum absolute atomic E-state index is 0. The van der Waals surface area contributed by atoms with Gasteiger partial charge in [-0.05, 0) is 57.8 Å². The summed E-state index contributed by atoms with van der Waals surface area (Å²) in [5, 5.41) is 7.14. The highest BCUT2D eigenvalue weighted by atomic mass is 127. The van der Waals surface area contributed by atoms with Gasteiger partial charge >= 0.3 is 0 Å². The second kappa shape index (κ2) is 15.0. The predicted octanol–water partition coefficient (Wildman–Crippen LogP) is 3.94. The minimum Gasteiger partial charge on any atom is -0.356 e. The third kappa shape index (κ3) is 9.66. The van der Waals surface area contributed by atoms with Crippen LogP contribution in [0.25, 0.3) is 0 Å². The molecule has 0 aromatic heterocycles. The Kier molecular flexibility index (Phi) is 13.6. The summed E-state index contributed by atoms with van der Waals surface area (Å²) in [7, 11) is 1.87. The lowest BCUT2D eigenvalue weighted by molar-refractivity contribution is 0.134. The molecule has 1 aliphatic rings. The first-order valence-corrected chi connectivity index (χ1v) is 11.1. The van der Waals surface area contributed by atoms with Crippen molar-refractivity contribution in [3.8, 4) is 0 Å². The van der Waals surface area contributed by atoms with Gasteiger partial charge in [0.25, 0.3) is 0 Å². The minimum atomic E-state index is 0. The number of hydrogen-bond acceptors (Lipinski definition) is 3. The Morgan fingerprint density at radius 2 is 1.90 bits per heavy atom. The van der Waals surface area contributed by atoms with Crippen molar-refractivity contribution in [3.05, 3.63) is 35.9 Å². The van der Waals surface area contributed by atoms with Gasteiger partial charge in [-0.15, -0.1) is 24.0 Å². The first-order chi connectivity index (χ1) is 13.7. The second-order valence-electron chi connectivity index (χ2n) is 7.90. The van der Waals surface area contributed by atoms with Gasteiger partial charge < -0.3 is 15.5 Å². The maximum absolute atomic E-state index is 4.43. The fourth-order valence-electron chi connectivity index (χ4n) is 4.00. The van der Waals surface area contributed by atoms with Crippen LogP contribution in [0.15, 0.2) is 35.3 Å². The number of likely N-dealkylation sites (tertiary alicyclic amines) is 1. The zero-order valence-electron chi connectivity index (χ0n) is 18.9. The van der Waals surface area contributed by atoms with Crippen LogP contribution in [0.1, 0.15) is 52.0 Å². The number of nitrogens with zero attached hydrogens (tertiary/aromatic N) is 3. The van der Waals surface area contributed by atoms with Crippen LogP contribution < -0.4 is 10.6 Å². The van der Waals surface area contributed by atoms with Crippen LogP contribution in [0, 0.1) is 0 Å². The molecule has 0 bridgehead atoms. The molecule has 1 fully saturated rings. The van der Waals surface area contributed by atoms with Crippen LogP contribution in [-0.2, 0) is 6.54 Å². The van der Waals surface area contributed by atoms with Crippen LogP contribution >= 0.6 is 24.0 Å². The Labute approximate surface area is 195 Å². The number of rotatable bonds is 10. The number of hydrogen-bond donors (Lipinski definition) is 2. The lowest BCUT2D eigenvalue weighted by Crippen LogP contribution is -2.51. The average molecular weight is 516 g/mol. The van der Waals surface area contributed by atoms with Gasteiger partial charge in [0.15, 0.2) is 5.96 Å². The lowest BCUT2D eigenvalue weighted by Gasteiger charge is -2.38. The number of piperidine rings is 1. The molecule has 1 aromatic carbocycles. The van der Waals surface area contributed by atoms with Gasteiger partial charge in [0.2, 0.25) is 0 Å². The van der Waals surface area contributed by atoms with Gasteiger partial charge in [-0.3, -0.25) is 9.89 Å². The number of aliphatic imine (C=N–C) groups is 1. The number of halogens is 1. The van der Waals surface area contributed by atoms with Gasteiger partial charge in [-0.1, -0.05) is 44.2 Å². The second-order valence-corrected chi connectivity index (χ2v) is 7.90. The van der Waals surface area contributed by atoms with Crippen LogP contribution in [0.2, 0.25) is 0 Å². The Balaban J connectivity index is 0.00000420. The van der Waals surface area contributed by atoms with E-state index in [1.54, 1.807) is 0 Å². The van der Waals surface area contributed by atoms with Gasteiger partial charge in [-0.2, -0.15) is 0 Å². The molecule has 29 heavy (non-hydrogen) atoms. The average Bonchev–Trinajstić information content (AvgIpc) is 2.72. The van der Waals surface area contributed by atoms with Crippen LogP contribution in [-0.4, -0.2) is 67.6 Å². The molecule has 2 N–H and O–H groups in total.